The zero-order chi connectivity index (χ0) is 25.5. The number of nitrogens with one attached hydrogen (secondary N) is 1. The predicted octanol–water partition coefficient (Wildman–Crippen LogP) is 5.05. The maximum atomic E-state index is 13.2. The second kappa shape index (κ2) is 12.2. The lowest BCUT2D eigenvalue weighted by atomic mass is 10.2. The van der Waals surface area contributed by atoms with Crippen LogP contribution in [0.15, 0.2) is 66.0 Å². The summed E-state index contributed by atoms with van der Waals surface area (Å²) in [6.07, 6.45) is 1.22. The topological polar surface area (TPSA) is 70.6 Å². The first-order chi connectivity index (χ1) is 18.2. The van der Waals surface area contributed by atoms with Crippen LogP contribution in [0.1, 0.15) is 12.8 Å². The number of rotatable bonds is 10. The van der Waals surface area contributed by atoms with Gasteiger partial charge < -0.3 is 15.0 Å². The number of benzene rings is 2. The summed E-state index contributed by atoms with van der Waals surface area (Å²) in [7, 11) is 0. The van der Waals surface area contributed by atoms with Crippen LogP contribution < -0.4 is 10.2 Å². The molecule has 1 N–H and O–H groups in total. The van der Waals surface area contributed by atoms with Crippen LogP contribution in [0.5, 0.6) is 0 Å². The van der Waals surface area contributed by atoms with Crippen LogP contribution >= 0.6 is 11.3 Å². The summed E-state index contributed by atoms with van der Waals surface area (Å²) in [6.45, 7) is 5.65. The van der Waals surface area contributed by atoms with Crippen LogP contribution in [0, 0.1) is 5.82 Å². The van der Waals surface area contributed by atoms with E-state index in [1.807, 2.05) is 41.8 Å². The number of hydrogen-bond acceptors (Lipinski definition) is 7. The number of nitrogens with zero attached hydrogens (tertiary/aromatic N) is 4. The van der Waals surface area contributed by atoms with Gasteiger partial charge in [-0.3, -0.25) is 9.69 Å². The number of halogens is 1. The smallest absolute Gasteiger partial charge is 0.226 e. The molecule has 7 nitrogen and oxygen atoms in total. The molecule has 0 bridgehead atoms. The van der Waals surface area contributed by atoms with E-state index in [0.29, 0.717) is 18.1 Å². The van der Waals surface area contributed by atoms with Gasteiger partial charge in [-0.2, -0.15) is 0 Å². The van der Waals surface area contributed by atoms with Crippen molar-refractivity contribution in [1.82, 2.24) is 14.9 Å². The number of aromatic nitrogens is 2. The molecular formula is C28H30FN5O2S. The Morgan fingerprint density at radius 2 is 1.84 bits per heavy atom. The molecule has 0 spiro atoms. The molecule has 5 rings (SSSR count). The number of hydrogen-bond donors (Lipinski definition) is 1. The van der Waals surface area contributed by atoms with Crippen molar-refractivity contribution in [3.8, 4) is 10.7 Å². The molecule has 0 atom stereocenters. The summed E-state index contributed by atoms with van der Waals surface area (Å²) in [4.78, 5) is 28.2. The van der Waals surface area contributed by atoms with Gasteiger partial charge in [-0.1, -0.05) is 18.2 Å². The summed E-state index contributed by atoms with van der Waals surface area (Å²) in [5.41, 5.74) is 1.46. The van der Waals surface area contributed by atoms with Gasteiger partial charge in [0, 0.05) is 50.2 Å². The van der Waals surface area contributed by atoms with Crippen LogP contribution in [-0.2, 0) is 9.53 Å². The summed E-state index contributed by atoms with van der Waals surface area (Å²) in [6, 6.07) is 17.9. The van der Waals surface area contributed by atoms with Gasteiger partial charge in [0.15, 0.2) is 5.82 Å². The van der Waals surface area contributed by atoms with Gasteiger partial charge in [-0.15, -0.1) is 11.3 Å². The van der Waals surface area contributed by atoms with Crippen LogP contribution in [0.2, 0.25) is 0 Å². The van der Waals surface area contributed by atoms with Crippen molar-refractivity contribution in [2.45, 2.75) is 12.8 Å². The molecule has 0 radical (unpaired) electrons. The molecule has 1 aliphatic heterocycles. The molecule has 2 aromatic carbocycles. The monoisotopic (exact) mass is 519 g/mol. The number of carbonyl (C=O) groups is 1. The van der Waals surface area contributed by atoms with E-state index in [-0.39, 0.29) is 18.1 Å². The Morgan fingerprint density at radius 3 is 2.62 bits per heavy atom. The van der Waals surface area contributed by atoms with Crippen molar-refractivity contribution < 1.29 is 13.9 Å². The molecule has 1 saturated heterocycles. The highest BCUT2D eigenvalue weighted by Gasteiger charge is 2.18. The van der Waals surface area contributed by atoms with Crippen molar-refractivity contribution in [2.24, 2.45) is 0 Å². The number of anilines is 2. The first kappa shape index (κ1) is 25.3. The van der Waals surface area contributed by atoms with Crippen molar-refractivity contribution in [1.29, 1.82) is 0 Å². The van der Waals surface area contributed by atoms with E-state index in [4.69, 9.17) is 14.7 Å². The molecule has 9 heteroatoms. The lowest BCUT2D eigenvalue weighted by molar-refractivity contribution is -0.116. The van der Waals surface area contributed by atoms with Crippen LogP contribution in [0.4, 0.5) is 15.9 Å². The number of ether oxygens (including phenoxy) is 1. The molecule has 0 saturated carbocycles. The number of morpholine rings is 1. The third-order valence-corrected chi connectivity index (χ3v) is 7.23. The van der Waals surface area contributed by atoms with E-state index >= 15 is 0 Å². The normalized spacial score (nSPS) is 14.1. The summed E-state index contributed by atoms with van der Waals surface area (Å²) >= 11 is 1.61. The van der Waals surface area contributed by atoms with Gasteiger partial charge in [-0.05, 0) is 54.3 Å². The third-order valence-electron chi connectivity index (χ3n) is 6.37. The molecular weight excluding hydrogens is 489 g/mol. The highest BCUT2D eigenvalue weighted by Crippen LogP contribution is 2.30. The molecule has 37 heavy (non-hydrogen) atoms. The molecule has 192 valence electrons. The lowest BCUT2D eigenvalue weighted by Crippen LogP contribution is -2.38. The fourth-order valence-corrected chi connectivity index (χ4v) is 5.10. The van der Waals surface area contributed by atoms with Crippen LogP contribution in [0.25, 0.3) is 21.6 Å². The molecule has 4 aromatic rings. The van der Waals surface area contributed by atoms with E-state index in [2.05, 4.69) is 15.1 Å². The SMILES string of the molecule is O=C(CCN(CCCN1CCOCC1)c1nc(-c2cccs2)nc2ccccc12)Nc1ccc(F)cc1. The van der Waals surface area contributed by atoms with Gasteiger partial charge in [0.2, 0.25) is 5.91 Å². The summed E-state index contributed by atoms with van der Waals surface area (Å²) < 4.78 is 18.7. The lowest BCUT2D eigenvalue weighted by Gasteiger charge is -2.29. The first-order valence-electron chi connectivity index (χ1n) is 12.6. The Morgan fingerprint density at radius 1 is 1.03 bits per heavy atom. The maximum Gasteiger partial charge on any atom is 0.226 e. The van der Waals surface area contributed by atoms with Crippen molar-refractivity contribution in [3.05, 3.63) is 71.9 Å². The zero-order valence-corrected chi connectivity index (χ0v) is 21.4. The maximum absolute atomic E-state index is 13.2. The highest BCUT2D eigenvalue weighted by atomic mass is 32.1. The highest BCUT2D eigenvalue weighted by molar-refractivity contribution is 7.13. The van der Waals surface area contributed by atoms with Crippen LogP contribution in [-0.4, -0.2) is 66.7 Å². The molecule has 3 heterocycles. The predicted molar refractivity (Wildman–Crippen MR) is 147 cm³/mol. The van der Waals surface area contributed by atoms with Gasteiger partial charge in [0.05, 0.1) is 23.6 Å². The minimum Gasteiger partial charge on any atom is -0.379 e. The van der Waals surface area contributed by atoms with Crippen molar-refractivity contribution >= 4 is 39.7 Å². The van der Waals surface area contributed by atoms with Gasteiger partial charge in [0.25, 0.3) is 0 Å². The number of para-hydroxylation sites is 1. The minimum atomic E-state index is -0.332. The van der Waals surface area contributed by atoms with E-state index in [1.165, 1.54) is 12.1 Å². The third kappa shape index (κ3) is 6.68. The Labute approximate surface area is 219 Å². The van der Waals surface area contributed by atoms with Crippen LogP contribution in [0.3, 0.4) is 0 Å². The average molecular weight is 520 g/mol. The molecule has 0 unspecified atom stereocenters. The molecule has 0 aliphatic carbocycles. The van der Waals surface area contributed by atoms with Gasteiger partial charge in [-0.25, -0.2) is 14.4 Å². The largest absolute Gasteiger partial charge is 0.379 e. The van der Waals surface area contributed by atoms with Gasteiger partial charge in [0.1, 0.15) is 11.6 Å². The zero-order valence-electron chi connectivity index (χ0n) is 20.6. The molecule has 1 aliphatic rings. The number of carbonyl (C=O) groups excluding carboxylic acids is 1. The number of amides is 1. The van der Waals surface area contributed by atoms with E-state index < -0.39 is 0 Å². The Bertz CT molecular complexity index is 1310. The molecule has 2 aromatic heterocycles. The average Bonchev–Trinajstić information content (AvgIpc) is 3.47. The van der Waals surface area contributed by atoms with E-state index in [9.17, 15) is 9.18 Å². The summed E-state index contributed by atoms with van der Waals surface area (Å²) in [5, 5.41) is 5.86. The second-order valence-corrected chi connectivity index (χ2v) is 9.91. The summed E-state index contributed by atoms with van der Waals surface area (Å²) in [5.74, 6) is 1.08. The Kier molecular flexibility index (Phi) is 8.35. The van der Waals surface area contributed by atoms with Crippen molar-refractivity contribution in [2.75, 3.05) is 56.2 Å². The molecule has 1 amide bonds. The van der Waals surface area contributed by atoms with E-state index in [1.54, 1.807) is 23.5 Å². The quantitative estimate of drug-likeness (QED) is 0.316. The van der Waals surface area contributed by atoms with E-state index in [0.717, 1.165) is 67.4 Å². The standard InChI is InChI=1S/C28H30FN5O2S/c29-21-8-10-22(11-9-21)30-26(35)12-15-34(14-4-13-33-16-18-36-19-17-33)28-23-5-1-2-6-24(23)31-27(32-28)25-7-3-20-37-25/h1-3,5-11,20H,4,12-19H2,(H,30,35). The second-order valence-electron chi connectivity index (χ2n) is 8.96. The number of fused-ring (bicyclic) bond motifs is 1. The fraction of sp³-hybridized carbons (Fsp3) is 0.321. The minimum absolute atomic E-state index is 0.123. The Balaban J connectivity index is 1.37. The number of thiophene rings is 1. The van der Waals surface area contributed by atoms with Crippen molar-refractivity contribution in [3.63, 3.8) is 0 Å². The first-order valence-corrected chi connectivity index (χ1v) is 13.4. The Hall–Kier alpha value is -3.40. The molecule has 1 fully saturated rings. The van der Waals surface area contributed by atoms with Gasteiger partial charge >= 0.3 is 0 Å². The fourth-order valence-electron chi connectivity index (χ4n) is 4.44.